The lowest BCUT2D eigenvalue weighted by Crippen LogP contribution is -2.49. The zero-order valence-corrected chi connectivity index (χ0v) is 11.2. The molecular weight excluding hydrogens is 230 g/mol. The van der Waals surface area contributed by atoms with Crippen LogP contribution in [0.2, 0.25) is 0 Å². The van der Waals surface area contributed by atoms with Gasteiger partial charge in [-0.05, 0) is 33.3 Å². The molecule has 1 atom stereocenters. The van der Waals surface area contributed by atoms with E-state index < -0.39 is 11.5 Å². The molecule has 0 aliphatic rings. The fourth-order valence-electron chi connectivity index (χ4n) is 2.16. The number of carbonyl (C=O) groups excluding carboxylic acids is 1. The highest BCUT2D eigenvalue weighted by Gasteiger charge is 2.40. The average Bonchev–Trinajstić information content (AvgIpc) is 2.28. The third kappa shape index (κ3) is 2.37. The highest BCUT2D eigenvalue weighted by atomic mass is 16.4. The average molecular weight is 249 g/mol. The van der Waals surface area contributed by atoms with E-state index >= 15 is 0 Å². The van der Waals surface area contributed by atoms with Gasteiger partial charge in [0.2, 0.25) is 6.41 Å². The van der Waals surface area contributed by atoms with E-state index in [1.165, 1.54) is 4.90 Å². The molecule has 0 fully saturated rings. The summed E-state index contributed by atoms with van der Waals surface area (Å²) in [5, 5.41) is 9.50. The van der Waals surface area contributed by atoms with Gasteiger partial charge in [0.1, 0.15) is 0 Å². The second-order valence-electron chi connectivity index (χ2n) is 4.65. The first-order valence-electron chi connectivity index (χ1n) is 5.90. The van der Waals surface area contributed by atoms with Crippen LogP contribution in [0, 0.1) is 13.8 Å². The highest BCUT2D eigenvalue weighted by molar-refractivity contribution is 5.83. The molecule has 0 aromatic heterocycles. The number of hydrogen-bond acceptors (Lipinski definition) is 2. The number of nitrogens with zero attached hydrogens (tertiary/aromatic N) is 1. The smallest absolute Gasteiger partial charge is 0.334 e. The summed E-state index contributed by atoms with van der Waals surface area (Å²) < 4.78 is 0. The second kappa shape index (κ2) is 5.21. The molecule has 1 amide bonds. The Morgan fingerprint density at radius 1 is 1.33 bits per heavy atom. The van der Waals surface area contributed by atoms with E-state index in [-0.39, 0.29) is 0 Å². The molecule has 0 saturated carbocycles. The van der Waals surface area contributed by atoms with Crippen molar-refractivity contribution in [2.75, 3.05) is 6.54 Å². The molecule has 98 valence electrons. The van der Waals surface area contributed by atoms with Crippen LogP contribution in [0.4, 0.5) is 0 Å². The first-order valence-corrected chi connectivity index (χ1v) is 5.90. The van der Waals surface area contributed by atoms with Crippen molar-refractivity contribution in [1.29, 1.82) is 0 Å². The molecule has 0 aliphatic heterocycles. The number of carboxylic acid groups (broad SMARTS) is 1. The van der Waals surface area contributed by atoms with Crippen molar-refractivity contribution < 1.29 is 14.7 Å². The maximum atomic E-state index is 11.6. The monoisotopic (exact) mass is 249 g/mol. The van der Waals surface area contributed by atoms with Crippen molar-refractivity contribution in [3.8, 4) is 0 Å². The van der Waals surface area contributed by atoms with E-state index in [1.54, 1.807) is 13.8 Å². The molecular formula is C14H19NO3. The van der Waals surface area contributed by atoms with Crippen LogP contribution in [-0.2, 0) is 15.1 Å². The number of benzene rings is 1. The molecule has 1 rings (SSSR count). The largest absolute Gasteiger partial charge is 0.479 e. The minimum atomic E-state index is -1.33. The van der Waals surface area contributed by atoms with Gasteiger partial charge < -0.3 is 10.0 Å². The van der Waals surface area contributed by atoms with Crippen LogP contribution < -0.4 is 0 Å². The Morgan fingerprint density at radius 3 is 2.17 bits per heavy atom. The van der Waals surface area contributed by atoms with E-state index in [2.05, 4.69) is 0 Å². The fraction of sp³-hybridized carbons (Fsp3) is 0.429. The Hall–Kier alpha value is -1.84. The molecule has 4 nitrogen and oxygen atoms in total. The van der Waals surface area contributed by atoms with Crippen molar-refractivity contribution in [1.82, 2.24) is 4.90 Å². The summed E-state index contributed by atoms with van der Waals surface area (Å²) in [5.41, 5.74) is 1.27. The molecule has 18 heavy (non-hydrogen) atoms. The summed E-state index contributed by atoms with van der Waals surface area (Å²) in [6.07, 6.45) is 0.589. The Morgan fingerprint density at radius 2 is 1.83 bits per heavy atom. The van der Waals surface area contributed by atoms with Crippen molar-refractivity contribution in [3.05, 3.63) is 34.9 Å². The Labute approximate surface area is 107 Å². The maximum Gasteiger partial charge on any atom is 0.334 e. The van der Waals surface area contributed by atoms with Gasteiger partial charge in [-0.15, -0.1) is 0 Å². The van der Waals surface area contributed by atoms with Gasteiger partial charge in [-0.1, -0.05) is 29.3 Å². The first-order chi connectivity index (χ1) is 8.36. The van der Waals surface area contributed by atoms with E-state index in [4.69, 9.17) is 0 Å². The Balaban J connectivity index is 3.44. The predicted molar refractivity (Wildman–Crippen MR) is 69.3 cm³/mol. The molecule has 1 aromatic carbocycles. The molecule has 1 N–H and O–H groups in total. The lowest BCUT2D eigenvalue weighted by atomic mass is 9.88. The predicted octanol–water partition coefficient (Wildman–Crippen LogP) is 2.08. The highest BCUT2D eigenvalue weighted by Crippen LogP contribution is 2.29. The van der Waals surface area contributed by atoms with Crippen LogP contribution in [-0.4, -0.2) is 28.9 Å². The summed E-state index contributed by atoms with van der Waals surface area (Å²) in [7, 11) is 0. The molecule has 0 heterocycles. The van der Waals surface area contributed by atoms with Crippen LogP contribution in [0.5, 0.6) is 0 Å². The third-order valence-electron chi connectivity index (χ3n) is 3.24. The van der Waals surface area contributed by atoms with Gasteiger partial charge in [0.05, 0.1) is 0 Å². The minimum Gasteiger partial charge on any atom is -0.479 e. The van der Waals surface area contributed by atoms with Gasteiger partial charge in [-0.25, -0.2) is 4.79 Å². The van der Waals surface area contributed by atoms with E-state index in [1.807, 2.05) is 32.0 Å². The molecule has 1 aromatic rings. The van der Waals surface area contributed by atoms with Crippen LogP contribution in [0.3, 0.4) is 0 Å². The third-order valence-corrected chi connectivity index (χ3v) is 3.24. The molecule has 0 aliphatic carbocycles. The van der Waals surface area contributed by atoms with Gasteiger partial charge >= 0.3 is 5.97 Å². The van der Waals surface area contributed by atoms with E-state index in [0.29, 0.717) is 18.5 Å². The number of likely N-dealkylation sites (N-methyl/N-ethyl adjacent to an activating group) is 1. The van der Waals surface area contributed by atoms with Crippen molar-refractivity contribution >= 4 is 12.4 Å². The summed E-state index contributed by atoms with van der Waals surface area (Å²) >= 11 is 0. The van der Waals surface area contributed by atoms with E-state index in [0.717, 1.165) is 11.1 Å². The number of rotatable bonds is 5. The molecule has 0 spiro atoms. The number of hydrogen-bond donors (Lipinski definition) is 1. The quantitative estimate of drug-likeness (QED) is 0.813. The van der Waals surface area contributed by atoms with Gasteiger partial charge in [0.15, 0.2) is 5.54 Å². The molecule has 0 saturated heterocycles. The summed E-state index contributed by atoms with van der Waals surface area (Å²) in [6, 6.07) is 5.60. The standard InChI is InChI=1S/C14H19NO3/c1-5-15(9-16)14(4,13(17)18)12-7-10(2)6-11(3)8-12/h6-9H,5H2,1-4H3,(H,17,18). The summed E-state index contributed by atoms with van der Waals surface area (Å²) in [5.74, 6) is -1.03. The zero-order valence-electron chi connectivity index (χ0n) is 11.2. The Kier molecular flexibility index (Phi) is 4.11. The Bertz CT molecular complexity index is 450. The molecule has 1 unspecified atom stereocenters. The maximum absolute atomic E-state index is 11.6. The normalized spacial score (nSPS) is 13.8. The number of carboxylic acids is 1. The molecule has 0 radical (unpaired) electrons. The molecule has 0 bridgehead atoms. The van der Waals surface area contributed by atoms with Crippen LogP contribution in [0.15, 0.2) is 18.2 Å². The minimum absolute atomic E-state index is 0.347. The van der Waals surface area contributed by atoms with E-state index in [9.17, 15) is 14.7 Å². The van der Waals surface area contributed by atoms with Crippen LogP contribution in [0.1, 0.15) is 30.5 Å². The molecule has 4 heteroatoms. The van der Waals surface area contributed by atoms with Crippen molar-refractivity contribution in [2.24, 2.45) is 0 Å². The van der Waals surface area contributed by atoms with Gasteiger partial charge in [-0.3, -0.25) is 4.79 Å². The SMILES string of the molecule is CCN(C=O)C(C)(C(=O)O)c1cc(C)cc(C)c1. The van der Waals surface area contributed by atoms with Crippen molar-refractivity contribution in [2.45, 2.75) is 33.2 Å². The van der Waals surface area contributed by atoms with Crippen molar-refractivity contribution in [3.63, 3.8) is 0 Å². The number of aryl methyl sites for hydroxylation is 2. The summed E-state index contributed by atoms with van der Waals surface area (Å²) in [4.78, 5) is 24.0. The van der Waals surface area contributed by atoms with Gasteiger partial charge in [0, 0.05) is 6.54 Å². The topological polar surface area (TPSA) is 57.6 Å². The first kappa shape index (κ1) is 14.2. The second-order valence-corrected chi connectivity index (χ2v) is 4.65. The fourth-order valence-corrected chi connectivity index (χ4v) is 2.16. The zero-order chi connectivity index (χ0) is 13.9. The van der Waals surface area contributed by atoms with Crippen LogP contribution >= 0.6 is 0 Å². The number of carbonyl (C=O) groups is 2. The number of amides is 1. The summed E-state index contributed by atoms with van der Waals surface area (Å²) in [6.45, 7) is 7.49. The number of aliphatic carboxylic acids is 1. The van der Waals surface area contributed by atoms with Gasteiger partial charge in [0.25, 0.3) is 0 Å². The lowest BCUT2D eigenvalue weighted by molar-refractivity contribution is -0.154. The van der Waals surface area contributed by atoms with Gasteiger partial charge in [-0.2, -0.15) is 0 Å². The lowest BCUT2D eigenvalue weighted by Gasteiger charge is -2.35. The van der Waals surface area contributed by atoms with Crippen LogP contribution in [0.25, 0.3) is 0 Å².